The molecule has 5 rings (SSSR count). The summed E-state index contributed by atoms with van der Waals surface area (Å²) in [6, 6.07) is 25.2. The SMILES string of the molecule is Cc1ccccc1C(=O)N1CCN2C(=O)c3ccccc3C12c1ccccc1. The predicted molar refractivity (Wildman–Crippen MR) is 107 cm³/mol. The van der Waals surface area contributed by atoms with Crippen molar-refractivity contribution in [2.75, 3.05) is 13.1 Å². The molecule has 1 saturated heterocycles. The lowest BCUT2D eigenvalue weighted by Crippen LogP contribution is -2.51. The lowest BCUT2D eigenvalue weighted by molar-refractivity contribution is 0.0375. The summed E-state index contributed by atoms with van der Waals surface area (Å²) in [6.45, 7) is 2.96. The predicted octanol–water partition coefficient (Wildman–Crippen LogP) is 3.81. The molecule has 0 aliphatic carbocycles. The Morgan fingerprint density at radius 1 is 0.857 bits per heavy atom. The molecule has 2 amide bonds. The fourth-order valence-corrected chi connectivity index (χ4v) is 4.67. The van der Waals surface area contributed by atoms with Gasteiger partial charge in [0, 0.05) is 35.3 Å². The molecule has 0 spiro atoms. The lowest BCUT2D eigenvalue weighted by Gasteiger charge is -2.40. The smallest absolute Gasteiger partial charge is 0.256 e. The van der Waals surface area contributed by atoms with Gasteiger partial charge in [-0.25, -0.2) is 0 Å². The van der Waals surface area contributed by atoms with E-state index < -0.39 is 5.66 Å². The lowest BCUT2D eigenvalue weighted by atomic mass is 9.89. The Morgan fingerprint density at radius 3 is 2.32 bits per heavy atom. The molecule has 1 atom stereocenters. The first-order valence-corrected chi connectivity index (χ1v) is 9.50. The van der Waals surface area contributed by atoms with Gasteiger partial charge < -0.3 is 9.80 Å². The summed E-state index contributed by atoms with van der Waals surface area (Å²) in [5.41, 5.74) is 3.21. The van der Waals surface area contributed by atoms with Crippen molar-refractivity contribution in [3.63, 3.8) is 0 Å². The van der Waals surface area contributed by atoms with Crippen molar-refractivity contribution in [2.45, 2.75) is 12.6 Å². The Kier molecular flexibility index (Phi) is 3.63. The zero-order chi connectivity index (χ0) is 19.3. The standard InChI is InChI=1S/C24H20N2O2/c1-17-9-5-6-12-19(17)22(27)25-15-16-26-23(28)20-13-7-8-14-21(20)24(25,26)18-10-3-2-4-11-18/h2-14H,15-16H2,1H3. The third-order valence-corrected chi connectivity index (χ3v) is 5.90. The van der Waals surface area contributed by atoms with E-state index >= 15 is 0 Å². The molecule has 0 bridgehead atoms. The Balaban J connectivity index is 1.77. The minimum Gasteiger partial charge on any atom is -0.306 e. The van der Waals surface area contributed by atoms with Gasteiger partial charge in [-0.3, -0.25) is 9.59 Å². The van der Waals surface area contributed by atoms with Crippen LogP contribution in [-0.4, -0.2) is 34.7 Å². The van der Waals surface area contributed by atoms with Crippen LogP contribution in [0.4, 0.5) is 0 Å². The van der Waals surface area contributed by atoms with Crippen molar-refractivity contribution in [1.29, 1.82) is 0 Å². The molecular formula is C24H20N2O2. The summed E-state index contributed by atoms with van der Waals surface area (Å²) in [5.74, 6) is -0.0616. The van der Waals surface area contributed by atoms with Gasteiger partial charge in [-0.05, 0) is 24.6 Å². The highest BCUT2D eigenvalue weighted by molar-refractivity contribution is 6.04. The maximum Gasteiger partial charge on any atom is 0.256 e. The Hall–Kier alpha value is -3.40. The van der Waals surface area contributed by atoms with Crippen molar-refractivity contribution in [2.24, 2.45) is 0 Å². The van der Waals surface area contributed by atoms with Crippen LogP contribution in [0.3, 0.4) is 0 Å². The topological polar surface area (TPSA) is 40.6 Å². The first kappa shape index (κ1) is 16.8. The average molecular weight is 368 g/mol. The van der Waals surface area contributed by atoms with E-state index in [1.807, 2.05) is 95.6 Å². The van der Waals surface area contributed by atoms with Gasteiger partial charge in [-0.2, -0.15) is 0 Å². The highest BCUT2D eigenvalue weighted by Crippen LogP contribution is 2.50. The van der Waals surface area contributed by atoms with Crippen LogP contribution < -0.4 is 0 Å². The third-order valence-electron chi connectivity index (χ3n) is 5.90. The number of hydrogen-bond acceptors (Lipinski definition) is 2. The maximum absolute atomic E-state index is 13.7. The van der Waals surface area contributed by atoms with Gasteiger partial charge in [0.2, 0.25) is 0 Å². The molecule has 3 aromatic rings. The number of carbonyl (C=O) groups excluding carboxylic acids is 2. The fourth-order valence-electron chi connectivity index (χ4n) is 4.67. The third kappa shape index (κ3) is 2.06. The average Bonchev–Trinajstić information content (AvgIpc) is 3.25. The zero-order valence-corrected chi connectivity index (χ0v) is 15.6. The van der Waals surface area contributed by atoms with Crippen molar-refractivity contribution in [3.8, 4) is 0 Å². The number of fused-ring (bicyclic) bond motifs is 3. The molecule has 2 aliphatic rings. The first-order valence-electron chi connectivity index (χ1n) is 9.50. The summed E-state index contributed by atoms with van der Waals surface area (Å²) in [7, 11) is 0. The molecule has 0 N–H and O–H groups in total. The molecule has 4 heteroatoms. The number of carbonyl (C=O) groups is 2. The van der Waals surface area contributed by atoms with Crippen molar-refractivity contribution in [3.05, 3.63) is 107 Å². The molecule has 1 unspecified atom stereocenters. The van der Waals surface area contributed by atoms with Gasteiger partial charge in [0.15, 0.2) is 5.66 Å². The highest BCUT2D eigenvalue weighted by atomic mass is 16.2. The molecule has 4 nitrogen and oxygen atoms in total. The van der Waals surface area contributed by atoms with Crippen LogP contribution in [0.25, 0.3) is 0 Å². The second-order valence-corrected chi connectivity index (χ2v) is 7.31. The van der Waals surface area contributed by atoms with Crippen LogP contribution in [0.1, 0.15) is 37.4 Å². The molecule has 138 valence electrons. The molecule has 0 saturated carbocycles. The van der Waals surface area contributed by atoms with E-state index in [0.29, 0.717) is 24.2 Å². The molecule has 3 aromatic carbocycles. The number of aryl methyl sites for hydroxylation is 1. The normalized spacial score (nSPS) is 20.2. The highest BCUT2D eigenvalue weighted by Gasteiger charge is 2.59. The number of rotatable bonds is 2. The Labute approximate surface area is 164 Å². The molecule has 28 heavy (non-hydrogen) atoms. The largest absolute Gasteiger partial charge is 0.306 e. The monoisotopic (exact) mass is 368 g/mol. The minimum atomic E-state index is -0.895. The minimum absolute atomic E-state index is 0.0143. The summed E-state index contributed by atoms with van der Waals surface area (Å²) < 4.78 is 0. The van der Waals surface area contributed by atoms with Crippen molar-refractivity contribution >= 4 is 11.8 Å². The van der Waals surface area contributed by atoms with Gasteiger partial charge in [-0.1, -0.05) is 66.7 Å². The van der Waals surface area contributed by atoms with Crippen molar-refractivity contribution < 1.29 is 9.59 Å². The van der Waals surface area contributed by atoms with Crippen LogP contribution in [0.15, 0.2) is 78.9 Å². The zero-order valence-electron chi connectivity index (χ0n) is 15.6. The van der Waals surface area contributed by atoms with Crippen LogP contribution >= 0.6 is 0 Å². The second kappa shape index (κ2) is 6.06. The summed E-state index contributed by atoms with van der Waals surface area (Å²) >= 11 is 0. The van der Waals surface area contributed by atoms with Gasteiger partial charge in [0.25, 0.3) is 11.8 Å². The van der Waals surface area contributed by atoms with Crippen LogP contribution in [0, 0.1) is 6.92 Å². The first-order chi connectivity index (χ1) is 13.7. The van der Waals surface area contributed by atoms with Gasteiger partial charge >= 0.3 is 0 Å². The van der Waals surface area contributed by atoms with Crippen LogP contribution in [0.5, 0.6) is 0 Å². The molecular weight excluding hydrogens is 348 g/mol. The number of benzene rings is 3. The molecule has 2 aliphatic heterocycles. The number of hydrogen-bond donors (Lipinski definition) is 0. The summed E-state index contributed by atoms with van der Waals surface area (Å²) in [6.07, 6.45) is 0. The van der Waals surface area contributed by atoms with E-state index in [4.69, 9.17) is 0 Å². The van der Waals surface area contributed by atoms with E-state index in [0.717, 1.165) is 16.7 Å². The quantitative estimate of drug-likeness (QED) is 0.690. The molecule has 1 fully saturated rings. The van der Waals surface area contributed by atoms with E-state index in [-0.39, 0.29) is 11.8 Å². The van der Waals surface area contributed by atoms with Gasteiger partial charge in [0.05, 0.1) is 0 Å². The van der Waals surface area contributed by atoms with E-state index in [1.54, 1.807) is 0 Å². The fraction of sp³-hybridized carbons (Fsp3) is 0.167. The Bertz CT molecular complexity index is 1090. The van der Waals surface area contributed by atoms with Crippen LogP contribution in [0.2, 0.25) is 0 Å². The molecule has 0 aromatic heterocycles. The summed E-state index contributed by atoms with van der Waals surface area (Å²) in [4.78, 5) is 30.6. The van der Waals surface area contributed by atoms with Gasteiger partial charge in [0.1, 0.15) is 0 Å². The second-order valence-electron chi connectivity index (χ2n) is 7.31. The van der Waals surface area contributed by atoms with E-state index in [2.05, 4.69) is 0 Å². The Morgan fingerprint density at radius 2 is 1.54 bits per heavy atom. The van der Waals surface area contributed by atoms with Crippen molar-refractivity contribution in [1.82, 2.24) is 9.80 Å². The maximum atomic E-state index is 13.7. The number of nitrogens with zero attached hydrogens (tertiary/aromatic N) is 2. The molecule has 2 heterocycles. The van der Waals surface area contributed by atoms with E-state index in [1.165, 1.54) is 0 Å². The number of amides is 2. The van der Waals surface area contributed by atoms with E-state index in [9.17, 15) is 9.59 Å². The van der Waals surface area contributed by atoms with Gasteiger partial charge in [-0.15, -0.1) is 0 Å². The summed E-state index contributed by atoms with van der Waals surface area (Å²) in [5, 5.41) is 0. The molecule has 0 radical (unpaired) electrons. The van der Waals surface area contributed by atoms with Crippen LogP contribution in [-0.2, 0) is 5.66 Å².